The van der Waals surface area contributed by atoms with E-state index in [9.17, 15) is 14.7 Å². The van der Waals surface area contributed by atoms with Crippen molar-refractivity contribution in [3.05, 3.63) is 28.2 Å². The molecule has 0 heterocycles. The van der Waals surface area contributed by atoms with Crippen LogP contribution in [-0.2, 0) is 9.59 Å². The molecule has 0 saturated carbocycles. The molecular weight excluding hydrogens is 321 g/mol. The van der Waals surface area contributed by atoms with Gasteiger partial charge in [0, 0.05) is 6.07 Å². The third-order valence-electron chi connectivity index (χ3n) is 2.58. The fraction of sp³-hybridized carbons (Fsp3) is 0.385. The van der Waals surface area contributed by atoms with Gasteiger partial charge < -0.3 is 20.3 Å². The molecule has 0 aliphatic heterocycles. The van der Waals surface area contributed by atoms with Gasteiger partial charge in [0.15, 0.2) is 5.60 Å². The topological polar surface area (TPSA) is 95.9 Å². The van der Waals surface area contributed by atoms with Crippen LogP contribution in [0.1, 0.15) is 13.3 Å². The Bertz CT molecular complexity index is 533. The van der Waals surface area contributed by atoms with E-state index in [4.69, 9.17) is 33.0 Å². The Kier molecular flexibility index (Phi) is 6.26. The minimum Gasteiger partial charge on any atom is -0.493 e. The van der Waals surface area contributed by atoms with Crippen molar-refractivity contribution in [3.63, 3.8) is 0 Å². The summed E-state index contributed by atoms with van der Waals surface area (Å²) in [6, 6.07) is 4.71. The van der Waals surface area contributed by atoms with E-state index in [0.29, 0.717) is 15.8 Å². The van der Waals surface area contributed by atoms with Gasteiger partial charge in [-0.3, -0.25) is 4.79 Å². The van der Waals surface area contributed by atoms with Crippen LogP contribution in [-0.4, -0.2) is 40.8 Å². The van der Waals surface area contributed by atoms with E-state index in [1.54, 1.807) is 12.1 Å². The van der Waals surface area contributed by atoms with Crippen LogP contribution in [0.2, 0.25) is 10.0 Å². The highest BCUT2D eigenvalue weighted by atomic mass is 35.5. The van der Waals surface area contributed by atoms with E-state index < -0.39 is 17.5 Å². The van der Waals surface area contributed by atoms with E-state index in [-0.39, 0.29) is 19.6 Å². The number of rotatable bonds is 7. The van der Waals surface area contributed by atoms with Crippen molar-refractivity contribution in [1.82, 2.24) is 5.32 Å². The molecule has 0 aliphatic rings. The molecule has 21 heavy (non-hydrogen) atoms. The second kappa shape index (κ2) is 7.49. The highest BCUT2D eigenvalue weighted by Crippen LogP contribution is 2.26. The third-order valence-corrected chi connectivity index (χ3v) is 3.32. The smallest absolute Gasteiger partial charge is 0.337 e. The number of hydrogen-bond acceptors (Lipinski definition) is 4. The molecule has 8 heteroatoms. The second-order valence-corrected chi connectivity index (χ2v) is 5.34. The lowest BCUT2D eigenvalue weighted by Gasteiger charge is -2.18. The predicted octanol–water partition coefficient (Wildman–Crippen LogP) is 1.71. The fourth-order valence-corrected chi connectivity index (χ4v) is 1.55. The number of aliphatic carboxylic acids is 1. The van der Waals surface area contributed by atoms with Crippen LogP contribution >= 0.6 is 23.2 Å². The Labute approximate surface area is 131 Å². The molecular formula is C13H15Cl2NO5. The lowest BCUT2D eigenvalue weighted by atomic mass is 10.1. The van der Waals surface area contributed by atoms with Crippen LogP contribution in [0.3, 0.4) is 0 Å². The maximum absolute atomic E-state index is 11.5. The van der Waals surface area contributed by atoms with Gasteiger partial charge in [0.05, 0.1) is 29.6 Å². The normalized spacial score (nSPS) is 13.3. The molecule has 116 valence electrons. The van der Waals surface area contributed by atoms with Crippen molar-refractivity contribution in [2.45, 2.75) is 18.9 Å². The molecule has 0 radical (unpaired) electrons. The molecule has 0 bridgehead atoms. The van der Waals surface area contributed by atoms with Crippen molar-refractivity contribution in [2.24, 2.45) is 0 Å². The molecule has 1 aromatic rings. The SMILES string of the molecule is CC(O)(CNC(=O)CCOc1ccc(Cl)c(Cl)c1)C(=O)O. The molecule has 1 unspecified atom stereocenters. The minimum atomic E-state index is -2.00. The van der Waals surface area contributed by atoms with Crippen LogP contribution in [0.25, 0.3) is 0 Å². The molecule has 3 N–H and O–H groups in total. The Balaban J connectivity index is 2.34. The van der Waals surface area contributed by atoms with Crippen LogP contribution in [0.5, 0.6) is 5.75 Å². The fourth-order valence-electron chi connectivity index (χ4n) is 1.26. The standard InChI is InChI=1S/C13H15Cl2NO5/c1-13(20,12(18)19)7-16-11(17)4-5-21-8-2-3-9(14)10(15)6-8/h2-3,6,20H,4-5,7H2,1H3,(H,16,17)(H,18,19). The summed E-state index contributed by atoms with van der Waals surface area (Å²) >= 11 is 11.6. The lowest BCUT2D eigenvalue weighted by Crippen LogP contribution is -2.46. The van der Waals surface area contributed by atoms with Crippen molar-refractivity contribution < 1.29 is 24.5 Å². The molecule has 1 rings (SSSR count). The van der Waals surface area contributed by atoms with Crippen molar-refractivity contribution >= 4 is 35.1 Å². The van der Waals surface area contributed by atoms with Crippen LogP contribution in [0.4, 0.5) is 0 Å². The molecule has 0 fully saturated rings. The Morgan fingerprint density at radius 3 is 2.57 bits per heavy atom. The first-order chi connectivity index (χ1) is 9.72. The molecule has 0 saturated heterocycles. The molecule has 6 nitrogen and oxygen atoms in total. The van der Waals surface area contributed by atoms with Gasteiger partial charge in [-0.2, -0.15) is 0 Å². The number of carboxylic acids is 1. The molecule has 0 aromatic heterocycles. The zero-order chi connectivity index (χ0) is 16.0. The molecule has 0 spiro atoms. The first kappa shape index (κ1) is 17.6. The van der Waals surface area contributed by atoms with Gasteiger partial charge in [-0.15, -0.1) is 0 Å². The maximum atomic E-state index is 11.5. The number of carboxylic acid groups (broad SMARTS) is 1. The zero-order valence-corrected chi connectivity index (χ0v) is 12.7. The Morgan fingerprint density at radius 1 is 1.33 bits per heavy atom. The summed E-state index contributed by atoms with van der Waals surface area (Å²) in [4.78, 5) is 22.1. The van der Waals surface area contributed by atoms with Crippen molar-refractivity contribution in [3.8, 4) is 5.75 Å². The summed E-state index contributed by atoms with van der Waals surface area (Å²) in [7, 11) is 0. The number of carbonyl (C=O) groups excluding carboxylic acids is 1. The number of halogens is 2. The van der Waals surface area contributed by atoms with Gasteiger partial charge in [-0.1, -0.05) is 23.2 Å². The molecule has 1 atom stereocenters. The minimum absolute atomic E-state index is 0.00987. The van der Waals surface area contributed by atoms with Crippen molar-refractivity contribution in [2.75, 3.05) is 13.2 Å². The van der Waals surface area contributed by atoms with Crippen molar-refractivity contribution in [1.29, 1.82) is 0 Å². The number of amides is 1. The number of ether oxygens (including phenoxy) is 1. The lowest BCUT2D eigenvalue weighted by molar-refractivity contribution is -0.156. The highest BCUT2D eigenvalue weighted by molar-refractivity contribution is 6.42. The Hall–Kier alpha value is -1.50. The largest absolute Gasteiger partial charge is 0.493 e. The predicted molar refractivity (Wildman–Crippen MR) is 77.8 cm³/mol. The Morgan fingerprint density at radius 2 is 2.00 bits per heavy atom. The van der Waals surface area contributed by atoms with Gasteiger partial charge in [0.2, 0.25) is 5.91 Å². The highest BCUT2D eigenvalue weighted by Gasteiger charge is 2.30. The van der Waals surface area contributed by atoms with Gasteiger partial charge in [-0.05, 0) is 19.1 Å². The number of nitrogens with one attached hydrogen (secondary N) is 1. The molecule has 1 aromatic carbocycles. The summed E-state index contributed by atoms with van der Waals surface area (Å²) in [6.45, 7) is 0.800. The first-order valence-electron chi connectivity index (χ1n) is 6.02. The van der Waals surface area contributed by atoms with E-state index >= 15 is 0 Å². The summed E-state index contributed by atoms with van der Waals surface area (Å²) in [5, 5.41) is 21.2. The molecule has 0 aliphatic carbocycles. The second-order valence-electron chi connectivity index (χ2n) is 4.53. The average Bonchev–Trinajstić information content (AvgIpc) is 2.40. The first-order valence-corrected chi connectivity index (χ1v) is 6.78. The number of hydrogen-bond donors (Lipinski definition) is 3. The van der Waals surface area contributed by atoms with Gasteiger partial charge >= 0.3 is 5.97 Å². The van der Waals surface area contributed by atoms with E-state index in [2.05, 4.69) is 5.32 Å². The van der Waals surface area contributed by atoms with E-state index in [1.807, 2.05) is 0 Å². The zero-order valence-electron chi connectivity index (χ0n) is 11.2. The monoisotopic (exact) mass is 335 g/mol. The summed E-state index contributed by atoms with van der Waals surface area (Å²) < 4.78 is 5.31. The number of carbonyl (C=O) groups is 2. The average molecular weight is 336 g/mol. The van der Waals surface area contributed by atoms with Crippen LogP contribution in [0.15, 0.2) is 18.2 Å². The number of aliphatic hydroxyl groups is 1. The maximum Gasteiger partial charge on any atom is 0.337 e. The summed E-state index contributed by atoms with van der Waals surface area (Å²) in [6.07, 6.45) is 0.00987. The van der Waals surface area contributed by atoms with Gasteiger partial charge in [0.25, 0.3) is 0 Å². The third kappa shape index (κ3) is 5.79. The molecule has 1 amide bonds. The summed E-state index contributed by atoms with van der Waals surface area (Å²) in [5.74, 6) is -1.37. The quantitative estimate of drug-likeness (QED) is 0.705. The van der Waals surface area contributed by atoms with Gasteiger partial charge in [0.1, 0.15) is 5.75 Å². The van der Waals surface area contributed by atoms with Gasteiger partial charge in [-0.25, -0.2) is 4.79 Å². The number of benzene rings is 1. The van der Waals surface area contributed by atoms with Crippen LogP contribution < -0.4 is 10.1 Å². The van der Waals surface area contributed by atoms with Crippen LogP contribution in [0, 0.1) is 0 Å². The summed E-state index contributed by atoms with van der Waals surface area (Å²) in [5.41, 5.74) is -2.00. The van der Waals surface area contributed by atoms with E-state index in [1.165, 1.54) is 6.07 Å². The van der Waals surface area contributed by atoms with E-state index in [0.717, 1.165) is 6.92 Å².